The van der Waals surface area contributed by atoms with E-state index in [4.69, 9.17) is 11.6 Å². The number of nitrogens with zero attached hydrogens (tertiary/aromatic N) is 1. The molecule has 2 rings (SSSR count). The second-order valence-electron chi connectivity index (χ2n) is 6.32. The molecule has 1 N–H and O–H groups in total. The van der Waals surface area contributed by atoms with Crippen molar-refractivity contribution >= 4 is 33.2 Å². The molecule has 4 heteroatoms. The van der Waals surface area contributed by atoms with Crippen molar-refractivity contribution in [2.24, 2.45) is 11.8 Å². The number of hydrogen-bond acceptors (Lipinski definition) is 2. The number of anilines is 1. The van der Waals surface area contributed by atoms with Gasteiger partial charge in [0.2, 0.25) is 0 Å². The molecule has 2 unspecified atom stereocenters. The van der Waals surface area contributed by atoms with Gasteiger partial charge in [-0.15, -0.1) is 0 Å². The summed E-state index contributed by atoms with van der Waals surface area (Å²) >= 11 is 9.88. The second kappa shape index (κ2) is 6.67. The minimum atomic E-state index is 0.500. The maximum atomic E-state index is 6.20. The maximum Gasteiger partial charge on any atom is 0.0529 e. The first kappa shape index (κ1) is 16.1. The quantitative estimate of drug-likeness (QED) is 0.851. The zero-order valence-corrected chi connectivity index (χ0v) is 15.0. The molecule has 1 heterocycles. The van der Waals surface area contributed by atoms with Crippen molar-refractivity contribution < 1.29 is 0 Å². The summed E-state index contributed by atoms with van der Waals surface area (Å²) in [6.45, 7) is 11.2. The van der Waals surface area contributed by atoms with Gasteiger partial charge in [-0.1, -0.05) is 39.3 Å². The van der Waals surface area contributed by atoms with E-state index in [2.05, 4.69) is 59.9 Å². The summed E-state index contributed by atoms with van der Waals surface area (Å²) in [5, 5.41) is 4.49. The Balaban J connectivity index is 2.33. The number of halogens is 2. The van der Waals surface area contributed by atoms with E-state index in [9.17, 15) is 0 Å². The first-order chi connectivity index (χ1) is 9.40. The Hall–Kier alpha value is -0.250. The van der Waals surface area contributed by atoms with Crippen LogP contribution in [0.1, 0.15) is 27.7 Å². The van der Waals surface area contributed by atoms with Crippen LogP contribution in [0.4, 0.5) is 5.69 Å². The Morgan fingerprint density at radius 2 is 1.95 bits per heavy atom. The van der Waals surface area contributed by atoms with Crippen molar-refractivity contribution in [3.05, 3.63) is 27.7 Å². The lowest BCUT2D eigenvalue weighted by atomic mass is 9.93. The van der Waals surface area contributed by atoms with Crippen LogP contribution in [-0.2, 0) is 0 Å². The van der Waals surface area contributed by atoms with Crippen molar-refractivity contribution in [2.75, 3.05) is 18.0 Å². The zero-order valence-electron chi connectivity index (χ0n) is 12.7. The monoisotopic (exact) mass is 358 g/mol. The summed E-state index contributed by atoms with van der Waals surface area (Å²) in [6.07, 6.45) is 0. The van der Waals surface area contributed by atoms with Gasteiger partial charge in [-0.05, 0) is 46.0 Å². The Bertz CT molecular complexity index is 462. The molecule has 1 aliphatic rings. The van der Waals surface area contributed by atoms with Crippen molar-refractivity contribution in [1.82, 2.24) is 5.32 Å². The fraction of sp³-hybridized carbons (Fsp3) is 0.625. The Labute approximate surface area is 136 Å². The van der Waals surface area contributed by atoms with Crippen molar-refractivity contribution in [3.8, 4) is 0 Å². The van der Waals surface area contributed by atoms with Crippen molar-refractivity contribution in [3.63, 3.8) is 0 Å². The average Bonchev–Trinajstić information content (AvgIpc) is 2.40. The highest BCUT2D eigenvalue weighted by Gasteiger charge is 2.32. The molecule has 2 nitrogen and oxygen atoms in total. The number of rotatable bonds is 3. The van der Waals surface area contributed by atoms with Crippen LogP contribution in [0.15, 0.2) is 22.7 Å². The van der Waals surface area contributed by atoms with Gasteiger partial charge in [0.25, 0.3) is 0 Å². The molecule has 0 aliphatic carbocycles. The van der Waals surface area contributed by atoms with Gasteiger partial charge >= 0.3 is 0 Å². The largest absolute Gasteiger partial charge is 0.364 e. The summed E-state index contributed by atoms with van der Waals surface area (Å²) in [5.74, 6) is 1.23. The lowest BCUT2D eigenvalue weighted by Gasteiger charge is -2.45. The molecule has 1 saturated heterocycles. The van der Waals surface area contributed by atoms with E-state index in [-0.39, 0.29) is 0 Å². The predicted molar refractivity (Wildman–Crippen MR) is 91.8 cm³/mol. The van der Waals surface area contributed by atoms with Gasteiger partial charge in [0.15, 0.2) is 0 Å². The van der Waals surface area contributed by atoms with Crippen LogP contribution in [0.5, 0.6) is 0 Å². The summed E-state index contributed by atoms with van der Waals surface area (Å²) in [6, 6.07) is 7.07. The highest BCUT2D eigenvalue weighted by molar-refractivity contribution is 9.10. The third-order valence-electron chi connectivity index (χ3n) is 4.17. The molecule has 1 aromatic carbocycles. The number of nitrogens with one attached hydrogen (secondary N) is 1. The van der Waals surface area contributed by atoms with E-state index in [1.54, 1.807) is 0 Å². The molecular weight excluding hydrogens is 336 g/mol. The van der Waals surface area contributed by atoms with Crippen LogP contribution in [0.25, 0.3) is 0 Å². The van der Waals surface area contributed by atoms with Crippen LogP contribution < -0.4 is 10.2 Å². The minimum Gasteiger partial charge on any atom is -0.364 e. The SMILES string of the molecule is CC(C)C1CN(c2cc(Cl)ccc2Br)C(C(C)C)CN1. The number of hydrogen-bond donors (Lipinski definition) is 1. The highest BCUT2D eigenvalue weighted by atomic mass is 79.9. The Kier molecular flexibility index (Phi) is 5.38. The zero-order chi connectivity index (χ0) is 14.9. The molecule has 0 saturated carbocycles. The fourth-order valence-corrected chi connectivity index (χ4v) is 3.46. The average molecular weight is 360 g/mol. The lowest BCUT2D eigenvalue weighted by molar-refractivity contribution is 0.295. The van der Waals surface area contributed by atoms with Gasteiger partial charge in [-0.2, -0.15) is 0 Å². The Morgan fingerprint density at radius 1 is 1.25 bits per heavy atom. The highest BCUT2D eigenvalue weighted by Crippen LogP contribution is 2.33. The first-order valence-electron chi connectivity index (χ1n) is 7.35. The van der Waals surface area contributed by atoms with Gasteiger partial charge in [0.1, 0.15) is 0 Å². The van der Waals surface area contributed by atoms with Crippen LogP contribution in [0, 0.1) is 11.8 Å². The molecule has 2 atom stereocenters. The maximum absolute atomic E-state index is 6.20. The van der Waals surface area contributed by atoms with E-state index in [1.165, 1.54) is 5.69 Å². The van der Waals surface area contributed by atoms with E-state index in [0.717, 1.165) is 22.6 Å². The fourth-order valence-electron chi connectivity index (χ4n) is 2.82. The molecule has 112 valence electrons. The molecular formula is C16H24BrClN2. The van der Waals surface area contributed by atoms with Gasteiger partial charge in [-0.25, -0.2) is 0 Å². The van der Waals surface area contributed by atoms with E-state index >= 15 is 0 Å². The van der Waals surface area contributed by atoms with E-state index in [1.807, 2.05) is 12.1 Å². The summed E-state index contributed by atoms with van der Waals surface area (Å²) in [5.41, 5.74) is 1.21. The van der Waals surface area contributed by atoms with Gasteiger partial charge in [0, 0.05) is 34.7 Å². The number of benzene rings is 1. The topological polar surface area (TPSA) is 15.3 Å². The molecule has 1 fully saturated rings. The van der Waals surface area contributed by atoms with Crippen LogP contribution in [0.2, 0.25) is 5.02 Å². The van der Waals surface area contributed by atoms with Crippen molar-refractivity contribution in [1.29, 1.82) is 0 Å². The normalized spacial score (nSPS) is 23.7. The molecule has 0 radical (unpaired) electrons. The molecule has 0 aromatic heterocycles. The third-order valence-corrected chi connectivity index (χ3v) is 5.08. The Morgan fingerprint density at radius 3 is 2.55 bits per heavy atom. The van der Waals surface area contributed by atoms with Gasteiger partial charge < -0.3 is 10.2 Å². The lowest BCUT2D eigenvalue weighted by Crippen LogP contribution is -2.60. The first-order valence-corrected chi connectivity index (χ1v) is 8.52. The minimum absolute atomic E-state index is 0.500. The summed E-state index contributed by atoms with van der Waals surface area (Å²) in [4.78, 5) is 2.52. The second-order valence-corrected chi connectivity index (χ2v) is 7.61. The van der Waals surface area contributed by atoms with E-state index < -0.39 is 0 Å². The smallest absolute Gasteiger partial charge is 0.0529 e. The van der Waals surface area contributed by atoms with Gasteiger partial charge in [0.05, 0.1) is 5.69 Å². The standard InChI is InChI=1S/C16H24BrClN2/c1-10(2)14-9-20(16(8-19-14)11(3)4)15-7-12(18)5-6-13(15)17/h5-7,10-11,14,16,19H,8-9H2,1-4H3. The van der Waals surface area contributed by atoms with Crippen molar-refractivity contribution in [2.45, 2.75) is 39.8 Å². The van der Waals surface area contributed by atoms with Crippen LogP contribution in [0.3, 0.4) is 0 Å². The molecule has 20 heavy (non-hydrogen) atoms. The molecule has 1 aliphatic heterocycles. The van der Waals surface area contributed by atoms with Crippen LogP contribution >= 0.6 is 27.5 Å². The number of piperazine rings is 1. The summed E-state index contributed by atoms with van der Waals surface area (Å²) < 4.78 is 1.12. The summed E-state index contributed by atoms with van der Waals surface area (Å²) in [7, 11) is 0. The molecule has 1 aromatic rings. The molecule has 0 amide bonds. The third kappa shape index (κ3) is 3.49. The molecule has 0 spiro atoms. The van der Waals surface area contributed by atoms with E-state index in [0.29, 0.717) is 23.9 Å². The molecule has 0 bridgehead atoms. The van der Waals surface area contributed by atoms with Crippen LogP contribution in [-0.4, -0.2) is 25.2 Å². The van der Waals surface area contributed by atoms with Gasteiger partial charge in [-0.3, -0.25) is 0 Å². The predicted octanol–water partition coefficient (Wildman–Crippen LogP) is 4.56.